The Labute approximate surface area is 112 Å². The van der Waals surface area contributed by atoms with E-state index in [4.69, 9.17) is 4.74 Å². The first-order valence-electron chi connectivity index (χ1n) is 5.37. The minimum atomic E-state index is -0.510. The van der Waals surface area contributed by atoms with Gasteiger partial charge >= 0.3 is 5.97 Å². The van der Waals surface area contributed by atoms with Gasteiger partial charge in [-0.3, -0.25) is 10.1 Å². The van der Waals surface area contributed by atoms with Crippen LogP contribution in [0.1, 0.15) is 0 Å². The number of benzene rings is 1. The molecule has 7 heteroatoms. The number of carbonyl (C=O) groups excluding carboxylic acids is 1. The molecular weight excluding hydrogens is 268 g/mol. The number of rotatable bonds is 5. The molecule has 6 nitrogen and oxygen atoms in total. The number of nitro benzene ring substituents is 1. The Bertz CT molecular complexity index is 566. The molecule has 0 atom stereocenters. The van der Waals surface area contributed by atoms with Crippen LogP contribution in [0.3, 0.4) is 0 Å². The second-order valence-corrected chi connectivity index (χ2v) is 4.50. The Morgan fingerprint density at radius 1 is 1.32 bits per heavy atom. The topological polar surface area (TPSA) is 81.5 Å². The van der Waals surface area contributed by atoms with Crippen LogP contribution in [-0.4, -0.2) is 17.4 Å². The molecule has 0 aliphatic heterocycles. The molecule has 1 aromatic heterocycles. The van der Waals surface area contributed by atoms with Gasteiger partial charge in [-0.25, -0.2) is 4.79 Å². The van der Waals surface area contributed by atoms with E-state index in [1.54, 1.807) is 0 Å². The minimum Gasteiger partial charge on any atom is -0.425 e. The summed E-state index contributed by atoms with van der Waals surface area (Å²) in [6.45, 7) is 0.0392. The predicted octanol–water partition coefficient (Wildman–Crippen LogP) is 2.67. The molecule has 0 fully saturated rings. The molecule has 1 N–H and O–H groups in total. The molecule has 1 heterocycles. The van der Waals surface area contributed by atoms with Crippen molar-refractivity contribution in [2.45, 2.75) is 0 Å². The van der Waals surface area contributed by atoms with Crippen molar-refractivity contribution >= 4 is 28.0 Å². The van der Waals surface area contributed by atoms with Gasteiger partial charge < -0.3 is 10.1 Å². The molecule has 98 valence electrons. The van der Waals surface area contributed by atoms with Crippen LogP contribution in [0.15, 0.2) is 41.8 Å². The number of nitrogens with zero attached hydrogens (tertiary/aromatic N) is 1. The fourth-order valence-corrected chi connectivity index (χ4v) is 1.96. The van der Waals surface area contributed by atoms with Gasteiger partial charge in [-0.2, -0.15) is 0 Å². The van der Waals surface area contributed by atoms with Crippen LogP contribution in [0.4, 0.5) is 10.7 Å². The number of nitrogens with one attached hydrogen (secondary N) is 1. The number of anilines is 1. The van der Waals surface area contributed by atoms with Crippen molar-refractivity contribution in [3.8, 4) is 5.75 Å². The molecule has 0 bridgehead atoms. The van der Waals surface area contributed by atoms with Crippen LogP contribution in [0, 0.1) is 10.1 Å². The van der Waals surface area contributed by atoms with E-state index in [-0.39, 0.29) is 18.0 Å². The smallest absolute Gasteiger partial charge is 0.330 e. The molecule has 0 amide bonds. The van der Waals surface area contributed by atoms with Crippen LogP contribution in [0.25, 0.3) is 0 Å². The highest BCUT2D eigenvalue weighted by Crippen LogP contribution is 2.18. The molecule has 0 aliphatic carbocycles. The Balaban J connectivity index is 1.86. The van der Waals surface area contributed by atoms with Crippen molar-refractivity contribution in [3.05, 3.63) is 51.9 Å². The number of thiophene rings is 1. The molecule has 2 rings (SSSR count). The molecule has 0 saturated carbocycles. The summed E-state index contributed by atoms with van der Waals surface area (Å²) in [5, 5.41) is 16.1. The van der Waals surface area contributed by atoms with E-state index in [0.717, 1.165) is 5.00 Å². The zero-order valence-electron chi connectivity index (χ0n) is 9.74. The van der Waals surface area contributed by atoms with Gasteiger partial charge in [0, 0.05) is 12.1 Å². The van der Waals surface area contributed by atoms with Gasteiger partial charge in [-0.05, 0) is 29.6 Å². The van der Waals surface area contributed by atoms with Crippen molar-refractivity contribution in [2.24, 2.45) is 0 Å². The molecular formula is C12H10N2O4S. The largest absolute Gasteiger partial charge is 0.425 e. The van der Waals surface area contributed by atoms with Crippen molar-refractivity contribution in [2.75, 3.05) is 11.9 Å². The van der Waals surface area contributed by atoms with Crippen molar-refractivity contribution in [1.29, 1.82) is 0 Å². The van der Waals surface area contributed by atoms with Crippen molar-refractivity contribution in [3.63, 3.8) is 0 Å². The molecule has 0 spiro atoms. The van der Waals surface area contributed by atoms with E-state index in [0.29, 0.717) is 0 Å². The Kier molecular flexibility index (Phi) is 4.09. The highest BCUT2D eigenvalue weighted by molar-refractivity contribution is 7.14. The fraction of sp³-hybridized carbons (Fsp3) is 0.0833. The van der Waals surface area contributed by atoms with E-state index in [1.165, 1.54) is 35.6 Å². The maximum Gasteiger partial charge on any atom is 0.330 e. The predicted molar refractivity (Wildman–Crippen MR) is 71.5 cm³/mol. The van der Waals surface area contributed by atoms with Crippen molar-refractivity contribution < 1.29 is 14.5 Å². The lowest BCUT2D eigenvalue weighted by Gasteiger charge is -2.05. The second kappa shape index (κ2) is 5.96. The van der Waals surface area contributed by atoms with Crippen LogP contribution in [-0.2, 0) is 4.79 Å². The maximum absolute atomic E-state index is 11.5. The average molecular weight is 278 g/mol. The summed E-state index contributed by atoms with van der Waals surface area (Å²) < 4.78 is 5.03. The summed E-state index contributed by atoms with van der Waals surface area (Å²) >= 11 is 1.48. The zero-order chi connectivity index (χ0) is 13.7. The summed E-state index contributed by atoms with van der Waals surface area (Å²) in [5.41, 5.74) is -0.0449. The standard InChI is InChI=1S/C12H10N2O4S/c15-12(8-13-11-2-1-7-19-11)18-10-5-3-9(4-6-10)14(16)17/h1-7,13H,8H2. The van der Waals surface area contributed by atoms with E-state index >= 15 is 0 Å². The van der Waals surface area contributed by atoms with E-state index in [1.807, 2.05) is 17.5 Å². The number of hydrogen-bond donors (Lipinski definition) is 1. The number of hydrogen-bond acceptors (Lipinski definition) is 6. The van der Waals surface area contributed by atoms with E-state index in [2.05, 4.69) is 5.32 Å². The van der Waals surface area contributed by atoms with Crippen LogP contribution in [0.5, 0.6) is 5.75 Å². The third-order valence-electron chi connectivity index (χ3n) is 2.21. The summed E-state index contributed by atoms with van der Waals surface area (Å²) in [5.74, 6) is -0.175. The first-order valence-corrected chi connectivity index (χ1v) is 6.25. The zero-order valence-corrected chi connectivity index (χ0v) is 10.6. The third kappa shape index (κ3) is 3.78. The Morgan fingerprint density at radius 2 is 2.05 bits per heavy atom. The highest BCUT2D eigenvalue weighted by Gasteiger charge is 2.08. The summed E-state index contributed by atoms with van der Waals surface area (Å²) in [7, 11) is 0. The van der Waals surface area contributed by atoms with E-state index < -0.39 is 10.9 Å². The van der Waals surface area contributed by atoms with Gasteiger partial charge in [0.05, 0.1) is 9.92 Å². The molecule has 0 radical (unpaired) electrons. The average Bonchev–Trinajstić information content (AvgIpc) is 2.90. The van der Waals surface area contributed by atoms with Gasteiger partial charge in [-0.1, -0.05) is 0 Å². The second-order valence-electron chi connectivity index (χ2n) is 3.56. The number of esters is 1. The minimum absolute atomic E-state index is 0.0392. The normalized spacial score (nSPS) is 9.89. The van der Waals surface area contributed by atoms with Gasteiger partial charge in [0.25, 0.3) is 5.69 Å². The monoisotopic (exact) mass is 278 g/mol. The Hall–Kier alpha value is -2.41. The third-order valence-corrected chi connectivity index (χ3v) is 3.03. The fourth-order valence-electron chi connectivity index (χ4n) is 1.34. The number of non-ortho nitro benzene ring substituents is 1. The van der Waals surface area contributed by atoms with Gasteiger partial charge in [0.2, 0.25) is 0 Å². The SMILES string of the molecule is O=C(CNc1cccs1)Oc1ccc([N+](=O)[O-])cc1. The quantitative estimate of drug-likeness (QED) is 0.393. The van der Waals surface area contributed by atoms with Crippen LogP contribution in [0.2, 0.25) is 0 Å². The lowest BCUT2D eigenvalue weighted by atomic mass is 10.3. The van der Waals surface area contributed by atoms with Crippen molar-refractivity contribution in [1.82, 2.24) is 0 Å². The molecule has 2 aromatic rings. The molecule has 1 aromatic carbocycles. The number of nitro groups is 1. The van der Waals surface area contributed by atoms with Crippen LogP contribution < -0.4 is 10.1 Å². The lowest BCUT2D eigenvalue weighted by molar-refractivity contribution is -0.384. The van der Waals surface area contributed by atoms with E-state index in [9.17, 15) is 14.9 Å². The number of carbonyl (C=O) groups is 1. The molecule has 0 saturated heterocycles. The molecule has 19 heavy (non-hydrogen) atoms. The first kappa shape index (κ1) is 13.0. The maximum atomic E-state index is 11.5. The van der Waals surface area contributed by atoms with Crippen LogP contribution >= 0.6 is 11.3 Å². The summed E-state index contributed by atoms with van der Waals surface area (Å²) in [6, 6.07) is 9.07. The van der Waals surface area contributed by atoms with Gasteiger partial charge in [0.15, 0.2) is 0 Å². The summed E-state index contributed by atoms with van der Waals surface area (Å²) in [6.07, 6.45) is 0. The lowest BCUT2D eigenvalue weighted by Crippen LogP contribution is -2.18. The van der Waals surface area contributed by atoms with Gasteiger partial charge in [0.1, 0.15) is 12.3 Å². The Morgan fingerprint density at radius 3 is 2.63 bits per heavy atom. The first-order chi connectivity index (χ1) is 9.15. The molecule has 0 aliphatic rings. The molecule has 0 unspecified atom stereocenters. The highest BCUT2D eigenvalue weighted by atomic mass is 32.1. The number of ether oxygens (including phenoxy) is 1. The summed E-state index contributed by atoms with van der Waals surface area (Å²) in [4.78, 5) is 21.5. The van der Waals surface area contributed by atoms with Gasteiger partial charge in [-0.15, -0.1) is 11.3 Å².